The summed E-state index contributed by atoms with van der Waals surface area (Å²) in [5.41, 5.74) is -3.17. The summed E-state index contributed by atoms with van der Waals surface area (Å²) in [7, 11) is 0. The Morgan fingerprint density at radius 1 is 1.26 bits per heavy atom. The molecule has 2 rings (SSSR count). The van der Waals surface area contributed by atoms with E-state index < -0.39 is 39.7 Å². The number of fused-ring (bicyclic) bond motifs is 1. The van der Waals surface area contributed by atoms with Gasteiger partial charge in [-0.15, -0.1) is 0 Å². The van der Waals surface area contributed by atoms with Crippen LogP contribution in [0.3, 0.4) is 0 Å². The fourth-order valence-electron chi connectivity index (χ4n) is 1.95. The first-order chi connectivity index (χ1) is 8.77. The highest BCUT2D eigenvalue weighted by Gasteiger charge is 2.39. The number of hydrogen-bond acceptors (Lipinski definition) is 1. The van der Waals surface area contributed by atoms with Crippen LogP contribution in [0.2, 0.25) is 0 Å². The number of alkyl halides is 3. The predicted molar refractivity (Wildman–Crippen MR) is 58.8 cm³/mol. The van der Waals surface area contributed by atoms with Crippen LogP contribution >= 0.6 is 0 Å². The maximum Gasteiger partial charge on any atom is 0.421 e. The number of benzene rings is 1. The molecule has 0 aliphatic carbocycles. The van der Waals surface area contributed by atoms with Gasteiger partial charge in [0.2, 0.25) is 0 Å². The summed E-state index contributed by atoms with van der Waals surface area (Å²) in [6.07, 6.45) is -3.97. The first kappa shape index (κ1) is 13.5. The molecule has 2 aromatic rings. The quantitative estimate of drug-likeness (QED) is 0.733. The summed E-state index contributed by atoms with van der Waals surface area (Å²) in [6.45, 7) is 1.62. The van der Waals surface area contributed by atoms with Crippen molar-refractivity contribution in [3.63, 3.8) is 0 Å². The number of halogens is 5. The van der Waals surface area contributed by atoms with Crippen molar-refractivity contribution in [2.24, 2.45) is 0 Å². The lowest BCUT2D eigenvalue weighted by molar-refractivity contribution is -0.139. The van der Waals surface area contributed by atoms with Gasteiger partial charge in [0.05, 0.1) is 5.52 Å². The van der Waals surface area contributed by atoms with Crippen molar-refractivity contribution in [1.29, 1.82) is 0 Å². The Balaban J connectivity index is 3.11. The fourth-order valence-corrected chi connectivity index (χ4v) is 1.95. The maximum atomic E-state index is 13.5. The second kappa shape index (κ2) is 4.32. The minimum absolute atomic E-state index is 0.0882. The molecule has 19 heavy (non-hydrogen) atoms. The molecule has 102 valence electrons. The Kier molecular flexibility index (Phi) is 3.07. The predicted octanol–water partition coefficient (Wildman–Crippen LogP) is 3.32. The van der Waals surface area contributed by atoms with Crippen molar-refractivity contribution in [1.82, 2.24) is 4.57 Å². The second-order valence-corrected chi connectivity index (χ2v) is 3.91. The molecule has 0 amide bonds. The van der Waals surface area contributed by atoms with Crippen LogP contribution in [0.5, 0.6) is 0 Å². The van der Waals surface area contributed by atoms with Crippen molar-refractivity contribution in [3.8, 4) is 0 Å². The van der Waals surface area contributed by atoms with Gasteiger partial charge in [-0.25, -0.2) is 8.78 Å². The molecule has 0 fully saturated rings. The number of pyridine rings is 1. The van der Waals surface area contributed by atoms with Gasteiger partial charge < -0.3 is 4.57 Å². The second-order valence-electron chi connectivity index (χ2n) is 3.91. The largest absolute Gasteiger partial charge is 0.421 e. The van der Waals surface area contributed by atoms with Gasteiger partial charge in [-0.2, -0.15) is 13.2 Å². The van der Waals surface area contributed by atoms with E-state index >= 15 is 0 Å². The van der Waals surface area contributed by atoms with Gasteiger partial charge in [0.25, 0.3) is 0 Å². The van der Waals surface area contributed by atoms with Crippen molar-refractivity contribution in [3.05, 3.63) is 45.8 Å². The summed E-state index contributed by atoms with van der Waals surface area (Å²) in [6, 6.07) is 1.51. The molecule has 1 aromatic carbocycles. The Morgan fingerprint density at radius 2 is 1.89 bits per heavy atom. The minimum atomic E-state index is -5.09. The molecule has 0 radical (unpaired) electrons. The van der Waals surface area contributed by atoms with Gasteiger partial charge in [-0.1, -0.05) is 0 Å². The average Bonchev–Trinajstić information content (AvgIpc) is 2.30. The zero-order valence-corrected chi connectivity index (χ0v) is 9.68. The van der Waals surface area contributed by atoms with Crippen molar-refractivity contribution >= 4 is 10.9 Å². The first-order valence-corrected chi connectivity index (χ1v) is 5.35. The summed E-state index contributed by atoms with van der Waals surface area (Å²) < 4.78 is 66.4. The lowest BCUT2D eigenvalue weighted by Crippen LogP contribution is -2.17. The average molecular weight is 277 g/mol. The van der Waals surface area contributed by atoms with E-state index in [1.54, 1.807) is 0 Å². The Morgan fingerprint density at radius 3 is 2.42 bits per heavy atom. The van der Waals surface area contributed by atoms with Crippen molar-refractivity contribution in [2.75, 3.05) is 0 Å². The molecule has 0 bridgehead atoms. The Hall–Kier alpha value is -1.92. The molecular formula is C12H8F5NO. The van der Waals surface area contributed by atoms with E-state index in [0.29, 0.717) is 6.07 Å². The standard InChI is InChI=1S/C12H8F5NO/c1-2-18-4-3-8(19)6-5-7(13)10(14)9(11(6)18)12(15,16)17/h3-5H,2H2,1H3. The SMILES string of the molecule is CCn1ccc(=O)c2cc(F)c(F)c(C(F)(F)F)c21. The molecule has 0 atom stereocenters. The van der Waals surface area contributed by atoms with Gasteiger partial charge in [-0.3, -0.25) is 4.79 Å². The van der Waals surface area contributed by atoms with E-state index in [1.165, 1.54) is 6.92 Å². The molecular weight excluding hydrogens is 269 g/mol. The third-order valence-corrected chi connectivity index (χ3v) is 2.77. The molecule has 0 aliphatic heterocycles. The summed E-state index contributed by atoms with van der Waals surface area (Å²) >= 11 is 0. The molecule has 2 nitrogen and oxygen atoms in total. The molecule has 1 aromatic heterocycles. The van der Waals surface area contributed by atoms with E-state index in [-0.39, 0.29) is 6.54 Å². The van der Waals surface area contributed by atoms with Crippen LogP contribution in [0, 0.1) is 11.6 Å². The molecule has 0 N–H and O–H groups in total. The highest BCUT2D eigenvalue weighted by molar-refractivity contribution is 5.83. The molecule has 1 heterocycles. The van der Waals surface area contributed by atoms with E-state index in [4.69, 9.17) is 0 Å². The fraction of sp³-hybridized carbons (Fsp3) is 0.250. The Labute approximate surface area is 104 Å². The van der Waals surface area contributed by atoms with E-state index in [1.807, 2.05) is 0 Å². The van der Waals surface area contributed by atoms with E-state index in [9.17, 15) is 26.7 Å². The smallest absolute Gasteiger partial charge is 0.347 e. The Bertz CT molecular complexity index is 702. The third kappa shape index (κ3) is 2.09. The summed E-state index contributed by atoms with van der Waals surface area (Å²) in [5, 5.41) is -0.490. The van der Waals surface area contributed by atoms with E-state index in [0.717, 1.165) is 16.8 Å². The lowest BCUT2D eigenvalue weighted by Gasteiger charge is -2.16. The van der Waals surface area contributed by atoms with Crippen LogP contribution in [0.15, 0.2) is 23.1 Å². The maximum absolute atomic E-state index is 13.5. The zero-order chi connectivity index (χ0) is 14.4. The van der Waals surface area contributed by atoms with Gasteiger partial charge in [0, 0.05) is 24.2 Å². The van der Waals surface area contributed by atoms with Crippen LogP contribution in [0.4, 0.5) is 22.0 Å². The molecule has 0 aliphatic rings. The topological polar surface area (TPSA) is 22.0 Å². The third-order valence-electron chi connectivity index (χ3n) is 2.77. The van der Waals surface area contributed by atoms with Crippen LogP contribution < -0.4 is 5.43 Å². The molecule has 0 spiro atoms. The van der Waals surface area contributed by atoms with Gasteiger partial charge in [0.15, 0.2) is 17.1 Å². The highest BCUT2D eigenvalue weighted by Crippen LogP contribution is 2.37. The monoisotopic (exact) mass is 277 g/mol. The molecule has 7 heteroatoms. The lowest BCUT2D eigenvalue weighted by atomic mass is 10.1. The van der Waals surface area contributed by atoms with Gasteiger partial charge >= 0.3 is 6.18 Å². The zero-order valence-electron chi connectivity index (χ0n) is 9.68. The molecule has 0 saturated heterocycles. The molecule has 0 saturated carbocycles. The number of hydrogen-bond donors (Lipinski definition) is 0. The normalized spacial score (nSPS) is 12.1. The minimum Gasteiger partial charge on any atom is -0.347 e. The van der Waals surface area contributed by atoms with Crippen LogP contribution in [-0.4, -0.2) is 4.57 Å². The summed E-state index contributed by atoms with van der Waals surface area (Å²) in [4.78, 5) is 11.5. The van der Waals surface area contributed by atoms with Crippen LogP contribution in [0.25, 0.3) is 10.9 Å². The first-order valence-electron chi connectivity index (χ1n) is 5.35. The molecule has 0 unspecified atom stereocenters. The van der Waals surface area contributed by atoms with Crippen LogP contribution in [-0.2, 0) is 12.7 Å². The van der Waals surface area contributed by atoms with Crippen LogP contribution in [0.1, 0.15) is 12.5 Å². The number of rotatable bonds is 1. The van der Waals surface area contributed by atoms with E-state index in [2.05, 4.69) is 0 Å². The number of aryl methyl sites for hydroxylation is 1. The number of aromatic nitrogens is 1. The van der Waals surface area contributed by atoms with Crippen molar-refractivity contribution < 1.29 is 22.0 Å². The van der Waals surface area contributed by atoms with Gasteiger partial charge in [0.1, 0.15) is 5.56 Å². The summed E-state index contributed by atoms with van der Waals surface area (Å²) in [5.74, 6) is -3.68. The highest BCUT2D eigenvalue weighted by atomic mass is 19.4. The van der Waals surface area contributed by atoms with Crippen molar-refractivity contribution in [2.45, 2.75) is 19.6 Å². The van der Waals surface area contributed by atoms with Gasteiger partial charge in [-0.05, 0) is 13.0 Å². The number of nitrogens with zero attached hydrogens (tertiary/aromatic N) is 1.